The molecule has 0 radical (unpaired) electrons. The van der Waals surface area contributed by atoms with E-state index in [0.717, 1.165) is 29.3 Å². The lowest BCUT2D eigenvalue weighted by atomic mass is 10.1. The molecular formula is C22H30O5Si. The molecular weight excluding hydrogens is 372 g/mol. The summed E-state index contributed by atoms with van der Waals surface area (Å²) >= 11 is 0. The van der Waals surface area contributed by atoms with Gasteiger partial charge in [0.2, 0.25) is 0 Å². The number of aliphatic hydroxyl groups excluding tert-OH is 2. The number of hydrogen-bond donors (Lipinski definition) is 2. The first kappa shape index (κ1) is 22.3. The van der Waals surface area contributed by atoms with Gasteiger partial charge in [-0.05, 0) is 29.8 Å². The van der Waals surface area contributed by atoms with Crippen LogP contribution in [0.2, 0.25) is 6.04 Å². The first-order chi connectivity index (χ1) is 13.5. The highest BCUT2D eigenvalue weighted by atomic mass is 28.4. The third-order valence-electron chi connectivity index (χ3n) is 4.65. The average Bonchev–Trinajstić information content (AvgIpc) is 2.69. The van der Waals surface area contributed by atoms with Crippen LogP contribution in [-0.2, 0) is 14.3 Å². The van der Waals surface area contributed by atoms with Crippen LogP contribution < -0.4 is 10.4 Å². The van der Waals surface area contributed by atoms with Gasteiger partial charge >= 0.3 is 14.3 Å². The van der Waals surface area contributed by atoms with Crippen molar-refractivity contribution in [2.75, 3.05) is 0 Å². The Morgan fingerprint density at radius 3 is 2.00 bits per heavy atom. The molecule has 0 aliphatic heterocycles. The van der Waals surface area contributed by atoms with Crippen molar-refractivity contribution in [3.63, 3.8) is 0 Å². The summed E-state index contributed by atoms with van der Waals surface area (Å²) in [4.78, 5) is 17.5. The van der Waals surface area contributed by atoms with Gasteiger partial charge in [0.15, 0.2) is 0 Å². The number of aliphatic hydroxyl groups is 2. The molecule has 28 heavy (non-hydrogen) atoms. The Labute approximate surface area is 168 Å². The monoisotopic (exact) mass is 402 g/mol. The van der Waals surface area contributed by atoms with E-state index in [9.17, 15) is 15.0 Å². The van der Waals surface area contributed by atoms with E-state index in [1.165, 1.54) is 0 Å². The number of hydrogen-bond acceptors (Lipinski definition) is 5. The fraction of sp³-hybridized carbons (Fsp3) is 0.409. The number of benzene rings is 2. The van der Waals surface area contributed by atoms with Crippen LogP contribution in [0.1, 0.15) is 39.5 Å². The van der Waals surface area contributed by atoms with Crippen molar-refractivity contribution in [3.8, 4) is 0 Å². The van der Waals surface area contributed by atoms with E-state index in [1.807, 2.05) is 60.7 Å². The third kappa shape index (κ3) is 6.27. The maximum atomic E-state index is 12.3. The molecule has 2 unspecified atom stereocenters. The van der Waals surface area contributed by atoms with E-state index in [2.05, 4.69) is 6.92 Å². The summed E-state index contributed by atoms with van der Waals surface area (Å²) in [6.45, 7) is 3.69. The van der Waals surface area contributed by atoms with E-state index in [-0.39, 0.29) is 12.8 Å². The lowest BCUT2D eigenvalue weighted by Gasteiger charge is -2.30. The predicted octanol–water partition coefficient (Wildman–Crippen LogP) is 2.54. The van der Waals surface area contributed by atoms with Gasteiger partial charge in [-0.3, -0.25) is 0 Å². The molecule has 2 aromatic carbocycles. The molecule has 0 aliphatic rings. The molecule has 0 spiro atoms. The normalized spacial score (nSPS) is 13.7. The first-order valence-corrected chi connectivity index (χ1v) is 11.9. The van der Waals surface area contributed by atoms with Crippen molar-refractivity contribution >= 4 is 24.7 Å². The second-order valence-electron chi connectivity index (χ2n) is 7.14. The number of unbranched alkanes of at least 4 members (excludes halogenated alkanes) is 1. The molecule has 6 heteroatoms. The number of carbonyl (C=O) groups is 1. The zero-order chi connectivity index (χ0) is 20.4. The third-order valence-corrected chi connectivity index (χ3v) is 8.61. The minimum absolute atomic E-state index is 0.116. The standard InChI is InChI=1S/C22H30O5Si/c1-3-4-15-28(20-11-7-5-8-12-20,21-13-9-6-10-14-21)27-26-22(25)17-19(24)16-18(2)23/h5-14,18-19,23-24H,3-4,15-17H2,1-2H3. The Balaban J connectivity index is 2.26. The largest absolute Gasteiger partial charge is 0.393 e. The summed E-state index contributed by atoms with van der Waals surface area (Å²) in [5.41, 5.74) is 0. The molecule has 152 valence electrons. The molecule has 0 fully saturated rings. The zero-order valence-electron chi connectivity index (χ0n) is 16.6. The van der Waals surface area contributed by atoms with Crippen LogP contribution in [-0.4, -0.2) is 36.7 Å². The molecule has 2 aromatic rings. The Kier molecular flexibility index (Phi) is 8.85. The SMILES string of the molecule is CCCC[Si](OOC(=O)CC(O)CC(C)O)(c1ccccc1)c1ccccc1. The molecule has 0 amide bonds. The van der Waals surface area contributed by atoms with Crippen molar-refractivity contribution in [3.05, 3.63) is 60.7 Å². The van der Waals surface area contributed by atoms with Crippen LogP contribution in [0.4, 0.5) is 0 Å². The van der Waals surface area contributed by atoms with E-state index < -0.39 is 26.5 Å². The Bertz CT molecular complexity index is 666. The van der Waals surface area contributed by atoms with Crippen LogP contribution in [0, 0.1) is 0 Å². The van der Waals surface area contributed by atoms with Gasteiger partial charge in [0, 0.05) is 0 Å². The Morgan fingerprint density at radius 2 is 1.54 bits per heavy atom. The van der Waals surface area contributed by atoms with Crippen LogP contribution in [0.5, 0.6) is 0 Å². The summed E-state index contributed by atoms with van der Waals surface area (Å²) in [5, 5.41) is 21.3. The maximum Gasteiger partial charge on any atom is 0.343 e. The topological polar surface area (TPSA) is 76.0 Å². The highest BCUT2D eigenvalue weighted by Gasteiger charge is 2.42. The van der Waals surface area contributed by atoms with Crippen LogP contribution in [0.15, 0.2) is 60.7 Å². The van der Waals surface area contributed by atoms with Crippen molar-refractivity contribution in [1.29, 1.82) is 0 Å². The summed E-state index contributed by atoms with van der Waals surface area (Å²) < 4.78 is 5.99. The smallest absolute Gasteiger partial charge is 0.343 e. The predicted molar refractivity (Wildman–Crippen MR) is 112 cm³/mol. The summed E-state index contributed by atoms with van der Waals surface area (Å²) in [5.74, 6) is -0.631. The highest BCUT2D eigenvalue weighted by Crippen LogP contribution is 2.18. The van der Waals surface area contributed by atoms with Crippen LogP contribution in [0.25, 0.3) is 0 Å². The second-order valence-corrected chi connectivity index (χ2v) is 10.6. The molecule has 5 nitrogen and oxygen atoms in total. The van der Waals surface area contributed by atoms with Gasteiger partial charge in [-0.15, -0.1) is 0 Å². The van der Waals surface area contributed by atoms with Crippen molar-refractivity contribution in [2.45, 2.75) is 57.8 Å². The highest BCUT2D eigenvalue weighted by molar-refractivity contribution is 6.97. The van der Waals surface area contributed by atoms with Gasteiger partial charge in [-0.25, -0.2) is 9.37 Å². The molecule has 0 saturated heterocycles. The molecule has 0 heterocycles. The van der Waals surface area contributed by atoms with E-state index >= 15 is 0 Å². The van der Waals surface area contributed by atoms with Crippen LogP contribution >= 0.6 is 0 Å². The first-order valence-electron chi connectivity index (χ1n) is 9.83. The fourth-order valence-corrected chi connectivity index (χ4v) is 6.99. The van der Waals surface area contributed by atoms with Crippen LogP contribution in [0.3, 0.4) is 0 Å². The fourth-order valence-electron chi connectivity index (χ4n) is 3.25. The van der Waals surface area contributed by atoms with Gasteiger partial charge in [0.1, 0.15) is 0 Å². The minimum Gasteiger partial charge on any atom is -0.393 e. The van der Waals surface area contributed by atoms with Crippen molar-refractivity contribution in [2.24, 2.45) is 0 Å². The molecule has 0 aliphatic carbocycles. The second kappa shape index (κ2) is 11.1. The number of carbonyl (C=O) groups excluding carboxylic acids is 1. The molecule has 2 N–H and O–H groups in total. The van der Waals surface area contributed by atoms with E-state index in [4.69, 9.17) is 9.46 Å². The molecule has 0 bridgehead atoms. The van der Waals surface area contributed by atoms with E-state index in [0.29, 0.717) is 0 Å². The molecule has 2 atom stereocenters. The minimum atomic E-state index is -2.79. The lowest BCUT2D eigenvalue weighted by Crippen LogP contribution is -2.61. The summed E-state index contributed by atoms with van der Waals surface area (Å²) in [6.07, 6.45) is 0.195. The maximum absolute atomic E-state index is 12.3. The molecule has 2 rings (SSSR count). The summed E-state index contributed by atoms with van der Waals surface area (Å²) in [7, 11) is -2.79. The quantitative estimate of drug-likeness (QED) is 0.343. The van der Waals surface area contributed by atoms with Crippen molar-refractivity contribution < 1.29 is 24.5 Å². The van der Waals surface area contributed by atoms with Gasteiger partial charge in [-0.2, -0.15) is 0 Å². The zero-order valence-corrected chi connectivity index (χ0v) is 17.6. The van der Waals surface area contributed by atoms with Crippen molar-refractivity contribution in [1.82, 2.24) is 0 Å². The molecule has 0 saturated carbocycles. The Morgan fingerprint density at radius 1 is 1.00 bits per heavy atom. The van der Waals surface area contributed by atoms with Gasteiger partial charge in [0.05, 0.1) is 18.6 Å². The average molecular weight is 403 g/mol. The van der Waals surface area contributed by atoms with Gasteiger partial charge in [0.25, 0.3) is 0 Å². The number of rotatable bonds is 11. The molecule has 0 aromatic heterocycles. The van der Waals surface area contributed by atoms with Gasteiger partial charge < -0.3 is 15.1 Å². The Hall–Kier alpha value is -1.99. The summed E-state index contributed by atoms with van der Waals surface area (Å²) in [6, 6.07) is 20.6. The van der Waals surface area contributed by atoms with E-state index in [1.54, 1.807) is 6.92 Å². The lowest BCUT2D eigenvalue weighted by molar-refractivity contribution is -0.220. The van der Waals surface area contributed by atoms with Gasteiger partial charge in [-0.1, -0.05) is 80.4 Å².